The van der Waals surface area contributed by atoms with Crippen LogP contribution in [0.5, 0.6) is 0 Å². The average molecular weight is 244 g/mol. The summed E-state index contributed by atoms with van der Waals surface area (Å²) in [5.74, 6) is 0.431. The Morgan fingerprint density at radius 3 is 2.78 bits per heavy atom. The minimum absolute atomic E-state index is 0.0955. The first-order chi connectivity index (χ1) is 8.72. The van der Waals surface area contributed by atoms with Crippen LogP contribution in [0.15, 0.2) is 35.4 Å². The van der Waals surface area contributed by atoms with Gasteiger partial charge in [0.25, 0.3) is 0 Å². The number of nitrogens with zero attached hydrogens (tertiary/aromatic N) is 4. The Kier molecular flexibility index (Phi) is 2.30. The molecule has 7 nitrogen and oxygen atoms in total. The Morgan fingerprint density at radius 2 is 2.11 bits per heavy atom. The maximum Gasteiger partial charge on any atom is 0.307 e. The normalized spacial score (nSPS) is 10.9. The Balaban J connectivity index is 1.92. The predicted octanol–water partition coefficient (Wildman–Crippen LogP) is 1.01. The maximum atomic E-state index is 10.5. The van der Waals surface area contributed by atoms with Gasteiger partial charge in [0, 0.05) is 24.8 Å². The van der Waals surface area contributed by atoms with E-state index in [1.807, 2.05) is 0 Å². The summed E-state index contributed by atoms with van der Waals surface area (Å²) in [6, 6.07) is 0. The Morgan fingerprint density at radius 1 is 1.33 bits per heavy atom. The highest BCUT2D eigenvalue weighted by Crippen LogP contribution is 2.17. The number of hydrogen-bond acceptors (Lipinski definition) is 5. The van der Waals surface area contributed by atoms with E-state index < -0.39 is 5.97 Å². The van der Waals surface area contributed by atoms with Gasteiger partial charge in [-0.3, -0.25) is 9.20 Å². The van der Waals surface area contributed by atoms with Crippen LogP contribution in [0.25, 0.3) is 17.4 Å². The van der Waals surface area contributed by atoms with Gasteiger partial charge in [-0.15, -0.1) is 0 Å². The van der Waals surface area contributed by atoms with Crippen LogP contribution in [0, 0.1) is 0 Å². The van der Waals surface area contributed by atoms with Crippen LogP contribution in [0.4, 0.5) is 0 Å². The molecule has 0 amide bonds. The van der Waals surface area contributed by atoms with Crippen molar-refractivity contribution in [2.24, 2.45) is 0 Å². The molecule has 0 bridgehead atoms. The van der Waals surface area contributed by atoms with Crippen molar-refractivity contribution >= 4 is 11.8 Å². The molecular formula is C11H8N4O3. The van der Waals surface area contributed by atoms with Crippen molar-refractivity contribution in [2.45, 2.75) is 6.42 Å². The summed E-state index contributed by atoms with van der Waals surface area (Å²) in [6.45, 7) is 0. The van der Waals surface area contributed by atoms with Crippen LogP contribution >= 0.6 is 0 Å². The van der Waals surface area contributed by atoms with Crippen LogP contribution in [0.3, 0.4) is 0 Å². The lowest BCUT2D eigenvalue weighted by atomic mass is 10.2. The molecule has 18 heavy (non-hydrogen) atoms. The lowest BCUT2D eigenvalue weighted by Gasteiger charge is -1.97. The van der Waals surface area contributed by atoms with Gasteiger partial charge in [-0.1, -0.05) is 0 Å². The molecule has 1 N–H and O–H groups in total. The molecule has 0 fully saturated rings. The fourth-order valence-corrected chi connectivity index (χ4v) is 1.58. The second-order valence-corrected chi connectivity index (χ2v) is 3.70. The topological polar surface area (TPSA) is 93.5 Å². The molecule has 0 atom stereocenters. The standard InChI is InChI=1S/C11H8N4O3/c16-9(17)3-7-4-13-10(14-5-7)8-6-15-2-1-12-11(15)18-8/h1-2,4-6H,3H2,(H,16,17). The highest BCUT2D eigenvalue weighted by molar-refractivity contribution is 5.69. The van der Waals surface area contributed by atoms with Crippen molar-refractivity contribution in [1.29, 1.82) is 0 Å². The largest absolute Gasteiger partial charge is 0.481 e. The monoisotopic (exact) mass is 244 g/mol. The van der Waals surface area contributed by atoms with Crippen LogP contribution < -0.4 is 0 Å². The van der Waals surface area contributed by atoms with Gasteiger partial charge in [0.2, 0.25) is 0 Å². The van der Waals surface area contributed by atoms with Gasteiger partial charge >= 0.3 is 11.8 Å². The molecule has 0 spiro atoms. The number of aliphatic carboxylic acids is 1. The number of carboxylic acid groups (broad SMARTS) is 1. The summed E-state index contributed by atoms with van der Waals surface area (Å²) in [6.07, 6.45) is 7.94. The van der Waals surface area contributed by atoms with Gasteiger partial charge in [0.05, 0.1) is 12.6 Å². The number of carboxylic acids is 1. The Bertz CT molecular complexity index is 670. The van der Waals surface area contributed by atoms with E-state index in [2.05, 4.69) is 15.0 Å². The number of carbonyl (C=O) groups is 1. The summed E-state index contributed by atoms with van der Waals surface area (Å²) in [5, 5.41) is 8.64. The second kappa shape index (κ2) is 3.95. The minimum Gasteiger partial charge on any atom is -0.481 e. The van der Waals surface area contributed by atoms with E-state index >= 15 is 0 Å². The molecule has 0 aliphatic carbocycles. The zero-order chi connectivity index (χ0) is 12.5. The third-order valence-electron chi connectivity index (χ3n) is 2.37. The minimum atomic E-state index is -0.914. The molecule has 90 valence electrons. The number of aromatic nitrogens is 4. The summed E-state index contributed by atoms with van der Waals surface area (Å²) in [4.78, 5) is 22.6. The van der Waals surface area contributed by atoms with Gasteiger partial charge in [0.15, 0.2) is 11.6 Å². The predicted molar refractivity (Wildman–Crippen MR) is 59.8 cm³/mol. The number of oxazole rings is 1. The fraction of sp³-hybridized carbons (Fsp3) is 0.0909. The first kappa shape index (κ1) is 10.5. The third-order valence-corrected chi connectivity index (χ3v) is 2.37. The summed E-state index contributed by atoms with van der Waals surface area (Å²) < 4.78 is 7.14. The molecule has 3 aromatic heterocycles. The highest BCUT2D eigenvalue weighted by atomic mass is 16.4. The van der Waals surface area contributed by atoms with E-state index in [0.717, 1.165) is 0 Å². The molecule has 0 aromatic carbocycles. The van der Waals surface area contributed by atoms with Gasteiger partial charge in [-0.05, 0) is 5.56 Å². The molecule has 0 saturated carbocycles. The molecule has 0 aliphatic heterocycles. The van der Waals surface area contributed by atoms with Crippen molar-refractivity contribution < 1.29 is 14.3 Å². The number of hydrogen-bond donors (Lipinski definition) is 1. The van der Waals surface area contributed by atoms with Crippen molar-refractivity contribution in [3.05, 3.63) is 36.5 Å². The van der Waals surface area contributed by atoms with E-state index in [0.29, 0.717) is 23.0 Å². The Hall–Kier alpha value is -2.70. The summed E-state index contributed by atoms with van der Waals surface area (Å²) >= 11 is 0. The van der Waals surface area contributed by atoms with Gasteiger partial charge < -0.3 is 9.52 Å². The number of fused-ring (bicyclic) bond motifs is 1. The molecule has 3 heterocycles. The van der Waals surface area contributed by atoms with Crippen molar-refractivity contribution in [3.8, 4) is 11.6 Å². The molecule has 3 aromatic rings. The average Bonchev–Trinajstić information content (AvgIpc) is 2.89. The maximum absolute atomic E-state index is 10.5. The van der Waals surface area contributed by atoms with Crippen LogP contribution in [0.1, 0.15) is 5.56 Å². The zero-order valence-corrected chi connectivity index (χ0v) is 9.15. The number of imidazole rings is 1. The highest BCUT2D eigenvalue weighted by Gasteiger charge is 2.10. The lowest BCUT2D eigenvalue weighted by molar-refractivity contribution is -0.136. The van der Waals surface area contributed by atoms with Crippen molar-refractivity contribution in [3.63, 3.8) is 0 Å². The Labute approximate surface area is 101 Å². The van der Waals surface area contributed by atoms with E-state index in [1.165, 1.54) is 12.4 Å². The first-order valence-electron chi connectivity index (χ1n) is 5.18. The SMILES string of the molecule is O=C(O)Cc1cnc(-c2cn3ccnc3o2)nc1. The van der Waals surface area contributed by atoms with Crippen molar-refractivity contribution in [1.82, 2.24) is 19.4 Å². The summed E-state index contributed by atoms with van der Waals surface area (Å²) in [5.41, 5.74) is 0.544. The van der Waals surface area contributed by atoms with E-state index in [-0.39, 0.29) is 6.42 Å². The van der Waals surface area contributed by atoms with E-state index in [1.54, 1.807) is 23.0 Å². The van der Waals surface area contributed by atoms with Gasteiger partial charge in [0.1, 0.15) is 0 Å². The van der Waals surface area contributed by atoms with E-state index in [9.17, 15) is 4.79 Å². The van der Waals surface area contributed by atoms with Crippen LogP contribution in [-0.4, -0.2) is 30.4 Å². The van der Waals surface area contributed by atoms with Crippen LogP contribution in [-0.2, 0) is 11.2 Å². The molecule has 3 rings (SSSR count). The van der Waals surface area contributed by atoms with Crippen LogP contribution in [0.2, 0.25) is 0 Å². The quantitative estimate of drug-likeness (QED) is 0.739. The van der Waals surface area contributed by atoms with Gasteiger partial charge in [-0.2, -0.15) is 0 Å². The summed E-state index contributed by atoms with van der Waals surface area (Å²) in [7, 11) is 0. The fourth-order valence-electron chi connectivity index (χ4n) is 1.58. The zero-order valence-electron chi connectivity index (χ0n) is 9.15. The molecule has 7 heteroatoms. The third kappa shape index (κ3) is 1.81. The smallest absolute Gasteiger partial charge is 0.307 e. The molecule has 0 aliphatic rings. The molecule has 0 radical (unpaired) electrons. The van der Waals surface area contributed by atoms with Crippen molar-refractivity contribution in [2.75, 3.05) is 0 Å². The first-order valence-corrected chi connectivity index (χ1v) is 5.18. The number of rotatable bonds is 3. The van der Waals surface area contributed by atoms with E-state index in [4.69, 9.17) is 9.52 Å². The lowest BCUT2D eigenvalue weighted by Crippen LogP contribution is -2.01. The molecule has 0 unspecified atom stereocenters. The second-order valence-electron chi connectivity index (χ2n) is 3.70. The molecule has 0 saturated heterocycles. The van der Waals surface area contributed by atoms with Gasteiger partial charge in [-0.25, -0.2) is 15.0 Å². The molecular weight excluding hydrogens is 236 g/mol.